The fourth-order valence-corrected chi connectivity index (χ4v) is 3.49. The molecule has 0 saturated carbocycles. The Morgan fingerprint density at radius 1 is 1.36 bits per heavy atom. The molecule has 0 spiro atoms. The van der Waals surface area contributed by atoms with Crippen molar-refractivity contribution in [3.63, 3.8) is 0 Å². The van der Waals surface area contributed by atoms with Gasteiger partial charge >= 0.3 is 5.97 Å². The minimum Gasteiger partial charge on any atom is -0.497 e. The van der Waals surface area contributed by atoms with Crippen LogP contribution < -0.4 is 9.47 Å². The number of hydrogen-bond acceptors (Lipinski definition) is 5. The van der Waals surface area contributed by atoms with Gasteiger partial charge in [0, 0.05) is 18.1 Å². The van der Waals surface area contributed by atoms with Gasteiger partial charge in [-0.15, -0.1) is 0 Å². The maximum atomic E-state index is 12.8. The number of rotatable bonds is 5. The van der Waals surface area contributed by atoms with Gasteiger partial charge in [-0.1, -0.05) is 0 Å². The Labute approximate surface area is 133 Å². The number of benzene rings is 1. The minimum atomic E-state index is -0.900. The van der Waals surface area contributed by atoms with E-state index in [1.54, 1.807) is 34.9 Å². The summed E-state index contributed by atoms with van der Waals surface area (Å²) in [5.74, 6) is 1.33. The molecule has 1 fully saturated rings. The van der Waals surface area contributed by atoms with Crippen LogP contribution in [0.1, 0.15) is 16.8 Å². The highest BCUT2D eigenvalue weighted by atomic mass is 32.2. The van der Waals surface area contributed by atoms with Gasteiger partial charge in [0.1, 0.15) is 11.5 Å². The van der Waals surface area contributed by atoms with Crippen molar-refractivity contribution in [2.45, 2.75) is 12.5 Å². The summed E-state index contributed by atoms with van der Waals surface area (Å²) in [7, 11) is 3.03. The van der Waals surface area contributed by atoms with Gasteiger partial charge in [0.05, 0.1) is 32.2 Å². The molecule has 1 aromatic rings. The first-order valence-corrected chi connectivity index (χ1v) is 8.04. The van der Waals surface area contributed by atoms with E-state index in [0.717, 1.165) is 5.75 Å². The molecule has 0 radical (unpaired) electrons. The van der Waals surface area contributed by atoms with Crippen molar-refractivity contribution in [1.82, 2.24) is 4.90 Å². The van der Waals surface area contributed by atoms with Gasteiger partial charge in [0.25, 0.3) is 5.91 Å². The summed E-state index contributed by atoms with van der Waals surface area (Å²) in [6.07, 6.45) is -0.0506. The van der Waals surface area contributed by atoms with Crippen LogP contribution in [0.25, 0.3) is 0 Å². The van der Waals surface area contributed by atoms with Crippen molar-refractivity contribution in [3.8, 4) is 11.5 Å². The number of hydrogen-bond donors (Lipinski definition) is 1. The molecule has 120 valence electrons. The third kappa shape index (κ3) is 3.65. The second-order valence-corrected chi connectivity index (χ2v) is 6.04. The van der Waals surface area contributed by atoms with Crippen molar-refractivity contribution in [2.24, 2.45) is 0 Å². The Morgan fingerprint density at radius 3 is 2.77 bits per heavy atom. The minimum absolute atomic E-state index is 0.0506. The number of carboxylic acid groups (broad SMARTS) is 1. The normalized spacial score (nSPS) is 17.9. The van der Waals surface area contributed by atoms with E-state index < -0.39 is 5.97 Å². The van der Waals surface area contributed by atoms with E-state index in [0.29, 0.717) is 29.4 Å². The summed E-state index contributed by atoms with van der Waals surface area (Å²) < 4.78 is 10.4. The molecule has 1 aliphatic rings. The molecule has 1 saturated heterocycles. The zero-order valence-corrected chi connectivity index (χ0v) is 13.4. The first-order valence-electron chi connectivity index (χ1n) is 6.89. The molecule has 0 aliphatic carbocycles. The SMILES string of the molecule is COc1ccc(OC)c(C(=O)N2CCSCC2CC(=O)O)c1. The van der Waals surface area contributed by atoms with Crippen LogP contribution in [0, 0.1) is 0 Å². The Morgan fingerprint density at radius 2 is 2.14 bits per heavy atom. The Bertz CT molecular complexity index is 563. The van der Waals surface area contributed by atoms with E-state index in [4.69, 9.17) is 14.6 Å². The van der Waals surface area contributed by atoms with Gasteiger partial charge in [-0.25, -0.2) is 0 Å². The molecule has 1 unspecified atom stereocenters. The monoisotopic (exact) mass is 325 g/mol. The second kappa shape index (κ2) is 7.40. The molecule has 1 heterocycles. The van der Waals surface area contributed by atoms with Crippen LogP contribution in [-0.2, 0) is 4.79 Å². The third-order valence-corrected chi connectivity index (χ3v) is 4.63. The van der Waals surface area contributed by atoms with E-state index in [1.807, 2.05) is 0 Å². The summed E-state index contributed by atoms with van der Waals surface area (Å²) in [6.45, 7) is 0.530. The lowest BCUT2D eigenvalue weighted by Gasteiger charge is -2.35. The van der Waals surface area contributed by atoms with Gasteiger partial charge in [-0.2, -0.15) is 11.8 Å². The Kier molecular flexibility index (Phi) is 5.54. The number of carbonyl (C=O) groups is 2. The van der Waals surface area contributed by atoms with Crippen LogP contribution in [0.15, 0.2) is 18.2 Å². The van der Waals surface area contributed by atoms with Crippen LogP contribution in [0.3, 0.4) is 0 Å². The fraction of sp³-hybridized carbons (Fsp3) is 0.467. The number of ether oxygens (including phenoxy) is 2. The van der Waals surface area contributed by atoms with Crippen molar-refractivity contribution in [1.29, 1.82) is 0 Å². The van der Waals surface area contributed by atoms with Gasteiger partial charge in [-0.3, -0.25) is 9.59 Å². The predicted molar refractivity (Wildman–Crippen MR) is 83.9 cm³/mol. The number of carboxylic acids is 1. The van der Waals surface area contributed by atoms with E-state index in [2.05, 4.69) is 0 Å². The van der Waals surface area contributed by atoms with Gasteiger partial charge in [0.15, 0.2) is 0 Å². The number of thioether (sulfide) groups is 1. The maximum absolute atomic E-state index is 12.8. The lowest BCUT2D eigenvalue weighted by Crippen LogP contribution is -2.47. The number of amides is 1. The van der Waals surface area contributed by atoms with Crippen molar-refractivity contribution >= 4 is 23.6 Å². The summed E-state index contributed by atoms with van der Waals surface area (Å²) >= 11 is 1.67. The van der Waals surface area contributed by atoms with E-state index in [1.165, 1.54) is 14.2 Å². The van der Waals surface area contributed by atoms with Gasteiger partial charge < -0.3 is 19.5 Å². The molecule has 1 amide bonds. The average Bonchev–Trinajstić information content (AvgIpc) is 2.53. The highest BCUT2D eigenvalue weighted by Crippen LogP contribution is 2.28. The maximum Gasteiger partial charge on any atom is 0.305 e. The average molecular weight is 325 g/mol. The smallest absolute Gasteiger partial charge is 0.305 e. The lowest BCUT2D eigenvalue weighted by atomic mass is 10.1. The lowest BCUT2D eigenvalue weighted by molar-refractivity contribution is -0.138. The Hall–Kier alpha value is -1.89. The zero-order valence-electron chi connectivity index (χ0n) is 12.6. The molecule has 1 atom stereocenters. The van der Waals surface area contributed by atoms with Crippen LogP contribution in [-0.4, -0.2) is 60.2 Å². The molecule has 1 aliphatic heterocycles. The summed E-state index contributed by atoms with van der Waals surface area (Å²) in [4.78, 5) is 25.5. The molecule has 1 aromatic carbocycles. The first kappa shape index (κ1) is 16.5. The molecule has 0 aromatic heterocycles. The van der Waals surface area contributed by atoms with Crippen LogP contribution >= 0.6 is 11.8 Å². The molecule has 1 N–H and O–H groups in total. The van der Waals surface area contributed by atoms with Crippen LogP contribution in [0.4, 0.5) is 0 Å². The third-order valence-electron chi connectivity index (χ3n) is 3.54. The predicted octanol–water partition coefficient (Wildman–Crippen LogP) is 1.74. The van der Waals surface area contributed by atoms with E-state index in [9.17, 15) is 9.59 Å². The number of nitrogens with zero attached hydrogens (tertiary/aromatic N) is 1. The molecule has 2 rings (SSSR count). The highest BCUT2D eigenvalue weighted by molar-refractivity contribution is 7.99. The quantitative estimate of drug-likeness (QED) is 0.888. The van der Waals surface area contributed by atoms with Crippen LogP contribution in [0.2, 0.25) is 0 Å². The number of aliphatic carboxylic acids is 1. The van der Waals surface area contributed by atoms with E-state index >= 15 is 0 Å². The molecular weight excluding hydrogens is 306 g/mol. The molecule has 6 nitrogen and oxygen atoms in total. The van der Waals surface area contributed by atoms with Gasteiger partial charge in [-0.05, 0) is 18.2 Å². The molecular formula is C15H19NO5S. The largest absolute Gasteiger partial charge is 0.497 e. The van der Waals surface area contributed by atoms with Crippen LogP contribution in [0.5, 0.6) is 11.5 Å². The number of methoxy groups -OCH3 is 2. The molecule has 22 heavy (non-hydrogen) atoms. The second-order valence-electron chi connectivity index (χ2n) is 4.89. The fourth-order valence-electron chi connectivity index (χ4n) is 2.43. The number of carbonyl (C=O) groups excluding carboxylic acids is 1. The Balaban J connectivity index is 2.30. The highest BCUT2D eigenvalue weighted by Gasteiger charge is 2.31. The topological polar surface area (TPSA) is 76.1 Å². The van der Waals surface area contributed by atoms with Gasteiger partial charge in [0.2, 0.25) is 0 Å². The summed E-state index contributed by atoms with van der Waals surface area (Å²) in [5.41, 5.74) is 0.393. The standard InChI is InChI=1S/C15H19NO5S/c1-20-11-3-4-13(21-2)12(8-11)15(19)16-5-6-22-9-10(16)7-14(17)18/h3-4,8,10H,5-7,9H2,1-2H3,(H,17,18). The first-order chi connectivity index (χ1) is 10.6. The molecule has 7 heteroatoms. The molecule has 0 bridgehead atoms. The summed E-state index contributed by atoms with van der Waals surface area (Å²) in [6, 6.07) is 4.72. The van der Waals surface area contributed by atoms with Crippen molar-refractivity contribution in [3.05, 3.63) is 23.8 Å². The summed E-state index contributed by atoms with van der Waals surface area (Å²) in [5, 5.41) is 9.03. The van der Waals surface area contributed by atoms with Crippen molar-refractivity contribution < 1.29 is 24.2 Å². The van der Waals surface area contributed by atoms with Crippen molar-refractivity contribution in [2.75, 3.05) is 32.3 Å². The zero-order chi connectivity index (χ0) is 16.1. The van der Waals surface area contributed by atoms with E-state index in [-0.39, 0.29) is 18.4 Å².